The topological polar surface area (TPSA) is 64.0 Å². The van der Waals surface area contributed by atoms with E-state index in [9.17, 15) is 9.59 Å². The van der Waals surface area contributed by atoms with Crippen molar-refractivity contribution in [2.45, 2.75) is 63.7 Å². The van der Waals surface area contributed by atoms with Crippen LogP contribution in [0.15, 0.2) is 34.2 Å². The van der Waals surface area contributed by atoms with Gasteiger partial charge in [0.15, 0.2) is 5.16 Å². The predicted octanol–water partition coefficient (Wildman–Crippen LogP) is 3.59. The summed E-state index contributed by atoms with van der Waals surface area (Å²) in [6, 6.07) is 7.67. The van der Waals surface area contributed by atoms with Crippen LogP contribution in [0.25, 0.3) is 10.9 Å². The predicted molar refractivity (Wildman–Crippen MR) is 107 cm³/mol. The molecule has 0 bridgehead atoms. The Morgan fingerprint density at radius 1 is 1.31 bits per heavy atom. The Morgan fingerprint density at radius 3 is 2.85 bits per heavy atom. The Labute approximate surface area is 158 Å². The summed E-state index contributed by atoms with van der Waals surface area (Å²) in [5.74, 6) is 0.853. The molecule has 1 aromatic heterocycles. The molecule has 1 saturated carbocycles. The molecule has 3 rings (SSSR count). The number of nitrogens with zero attached hydrogens (tertiary/aromatic N) is 2. The van der Waals surface area contributed by atoms with Crippen LogP contribution in [0.4, 0.5) is 0 Å². The van der Waals surface area contributed by atoms with Gasteiger partial charge in [0.05, 0.1) is 16.7 Å². The molecule has 0 saturated heterocycles. The largest absolute Gasteiger partial charge is 0.352 e. The number of aromatic nitrogens is 2. The van der Waals surface area contributed by atoms with Crippen molar-refractivity contribution in [1.29, 1.82) is 0 Å². The minimum Gasteiger partial charge on any atom is -0.352 e. The van der Waals surface area contributed by atoms with Gasteiger partial charge in [-0.25, -0.2) is 4.98 Å². The highest BCUT2D eigenvalue weighted by molar-refractivity contribution is 7.99. The summed E-state index contributed by atoms with van der Waals surface area (Å²) in [7, 11) is 0. The van der Waals surface area contributed by atoms with Gasteiger partial charge in [-0.2, -0.15) is 0 Å². The molecule has 5 nitrogen and oxygen atoms in total. The minimum absolute atomic E-state index is 0.0266. The van der Waals surface area contributed by atoms with E-state index in [0.717, 1.165) is 12.8 Å². The van der Waals surface area contributed by atoms with Gasteiger partial charge in [0.2, 0.25) is 5.91 Å². The SMILES string of the molecule is CCCn1c(SCC(=O)N[C@@H]2CCCC[C@@H]2C)nc2ccccc2c1=O. The quantitative estimate of drug-likeness (QED) is 0.621. The third-order valence-electron chi connectivity index (χ3n) is 5.06. The van der Waals surface area contributed by atoms with Gasteiger partial charge < -0.3 is 5.32 Å². The van der Waals surface area contributed by atoms with Gasteiger partial charge in [-0.15, -0.1) is 0 Å². The Morgan fingerprint density at radius 2 is 2.08 bits per heavy atom. The molecule has 2 aromatic rings. The molecule has 1 aromatic carbocycles. The second-order valence-electron chi connectivity index (χ2n) is 7.09. The number of fused-ring (bicyclic) bond motifs is 1. The van der Waals surface area contributed by atoms with Gasteiger partial charge in [-0.05, 0) is 37.3 Å². The standard InChI is InChI=1S/C20H27N3O2S/c1-3-12-23-19(25)15-9-5-7-11-17(15)22-20(23)26-13-18(24)21-16-10-6-4-8-14(16)2/h5,7,9,11,14,16H,3-4,6,8,10,12-13H2,1-2H3,(H,21,24)/t14-,16+/m0/s1. The van der Waals surface area contributed by atoms with Crippen LogP contribution >= 0.6 is 11.8 Å². The van der Waals surface area contributed by atoms with Gasteiger partial charge in [-0.3, -0.25) is 14.2 Å². The van der Waals surface area contributed by atoms with Gasteiger partial charge in [0.25, 0.3) is 5.56 Å². The summed E-state index contributed by atoms with van der Waals surface area (Å²) in [6.07, 6.45) is 5.53. The van der Waals surface area contributed by atoms with E-state index in [4.69, 9.17) is 0 Å². The summed E-state index contributed by atoms with van der Waals surface area (Å²) < 4.78 is 1.70. The number of nitrogens with one attached hydrogen (secondary N) is 1. The van der Waals surface area contributed by atoms with Crippen molar-refractivity contribution in [2.24, 2.45) is 5.92 Å². The Kier molecular flexibility index (Phi) is 6.35. The number of carbonyl (C=O) groups is 1. The van der Waals surface area contributed by atoms with Crippen molar-refractivity contribution in [3.8, 4) is 0 Å². The zero-order valence-corrected chi connectivity index (χ0v) is 16.3. The lowest BCUT2D eigenvalue weighted by atomic mass is 9.86. The van der Waals surface area contributed by atoms with Crippen LogP contribution < -0.4 is 10.9 Å². The van der Waals surface area contributed by atoms with Crippen LogP contribution in [0.3, 0.4) is 0 Å². The Balaban J connectivity index is 1.74. The number of hydrogen-bond donors (Lipinski definition) is 1. The van der Waals surface area contributed by atoms with Crippen LogP contribution in [-0.4, -0.2) is 27.3 Å². The molecular weight excluding hydrogens is 346 g/mol. The third-order valence-corrected chi connectivity index (χ3v) is 6.04. The van der Waals surface area contributed by atoms with Crippen molar-refractivity contribution >= 4 is 28.6 Å². The fraction of sp³-hybridized carbons (Fsp3) is 0.550. The highest BCUT2D eigenvalue weighted by Crippen LogP contribution is 2.24. The summed E-state index contributed by atoms with van der Waals surface area (Å²) in [5, 5.41) is 4.42. The van der Waals surface area contributed by atoms with E-state index < -0.39 is 0 Å². The molecule has 0 unspecified atom stereocenters. The van der Waals surface area contributed by atoms with E-state index in [1.165, 1.54) is 31.0 Å². The first-order valence-electron chi connectivity index (χ1n) is 9.52. The maximum atomic E-state index is 12.8. The number of amides is 1. The molecule has 0 spiro atoms. The van der Waals surface area contributed by atoms with Crippen molar-refractivity contribution in [3.63, 3.8) is 0 Å². The number of benzene rings is 1. The molecule has 26 heavy (non-hydrogen) atoms. The molecule has 1 N–H and O–H groups in total. The monoisotopic (exact) mass is 373 g/mol. The summed E-state index contributed by atoms with van der Waals surface area (Å²) >= 11 is 1.35. The lowest BCUT2D eigenvalue weighted by Crippen LogP contribution is -2.41. The Bertz CT molecular complexity index is 833. The molecule has 1 aliphatic carbocycles. The summed E-state index contributed by atoms with van der Waals surface area (Å²) in [4.78, 5) is 29.8. The zero-order valence-electron chi connectivity index (χ0n) is 15.5. The number of para-hydroxylation sites is 1. The molecule has 0 aliphatic heterocycles. The second-order valence-corrected chi connectivity index (χ2v) is 8.04. The highest BCUT2D eigenvalue weighted by atomic mass is 32.2. The Hall–Kier alpha value is -1.82. The number of thioether (sulfide) groups is 1. The molecular formula is C20H27N3O2S. The van der Waals surface area contributed by atoms with Crippen molar-refractivity contribution < 1.29 is 4.79 Å². The first-order chi connectivity index (χ1) is 12.6. The number of hydrogen-bond acceptors (Lipinski definition) is 4. The molecule has 2 atom stereocenters. The van der Waals surface area contributed by atoms with Gasteiger partial charge >= 0.3 is 0 Å². The molecule has 1 heterocycles. The van der Waals surface area contributed by atoms with Crippen LogP contribution in [0.1, 0.15) is 46.0 Å². The van der Waals surface area contributed by atoms with Gasteiger partial charge in [0, 0.05) is 12.6 Å². The van der Waals surface area contributed by atoms with E-state index in [0.29, 0.717) is 28.5 Å². The van der Waals surface area contributed by atoms with E-state index in [2.05, 4.69) is 17.2 Å². The average molecular weight is 374 g/mol. The first-order valence-corrected chi connectivity index (χ1v) is 10.5. The fourth-order valence-corrected chi connectivity index (χ4v) is 4.42. The van der Waals surface area contributed by atoms with Crippen LogP contribution in [-0.2, 0) is 11.3 Å². The van der Waals surface area contributed by atoms with Crippen molar-refractivity contribution in [1.82, 2.24) is 14.9 Å². The number of carbonyl (C=O) groups excluding carboxylic acids is 1. The molecule has 140 valence electrons. The second kappa shape index (κ2) is 8.71. The molecule has 1 fully saturated rings. The fourth-order valence-electron chi connectivity index (χ4n) is 3.59. The maximum Gasteiger partial charge on any atom is 0.262 e. The van der Waals surface area contributed by atoms with Crippen molar-refractivity contribution in [2.75, 3.05) is 5.75 Å². The zero-order chi connectivity index (χ0) is 18.5. The smallest absolute Gasteiger partial charge is 0.262 e. The summed E-state index contributed by atoms with van der Waals surface area (Å²) in [6.45, 7) is 4.86. The lowest BCUT2D eigenvalue weighted by molar-refractivity contribution is -0.119. The molecule has 6 heteroatoms. The van der Waals surface area contributed by atoms with E-state index in [1.807, 2.05) is 31.2 Å². The highest BCUT2D eigenvalue weighted by Gasteiger charge is 2.23. The summed E-state index contributed by atoms with van der Waals surface area (Å²) in [5.41, 5.74) is 0.662. The normalized spacial score (nSPS) is 20.2. The molecule has 1 aliphatic rings. The molecule has 0 radical (unpaired) electrons. The van der Waals surface area contributed by atoms with Crippen LogP contribution in [0, 0.1) is 5.92 Å². The van der Waals surface area contributed by atoms with Crippen LogP contribution in [0.2, 0.25) is 0 Å². The van der Waals surface area contributed by atoms with Gasteiger partial charge in [0.1, 0.15) is 0 Å². The van der Waals surface area contributed by atoms with E-state index in [-0.39, 0.29) is 23.3 Å². The number of rotatable bonds is 6. The first kappa shape index (κ1) is 19.0. The minimum atomic E-state index is -0.0266. The van der Waals surface area contributed by atoms with E-state index in [1.54, 1.807) is 4.57 Å². The molecule has 1 amide bonds. The van der Waals surface area contributed by atoms with Crippen LogP contribution in [0.5, 0.6) is 0 Å². The van der Waals surface area contributed by atoms with Gasteiger partial charge in [-0.1, -0.05) is 50.6 Å². The third kappa shape index (κ3) is 4.29. The average Bonchev–Trinajstić information content (AvgIpc) is 2.64. The lowest BCUT2D eigenvalue weighted by Gasteiger charge is -2.29. The van der Waals surface area contributed by atoms with Crippen molar-refractivity contribution in [3.05, 3.63) is 34.6 Å². The maximum absolute atomic E-state index is 12.8. The van der Waals surface area contributed by atoms with E-state index >= 15 is 0 Å².